The highest BCUT2D eigenvalue weighted by Crippen LogP contribution is 2.33. The average molecular weight is 460 g/mol. The molecule has 0 saturated carbocycles. The standard InChI is InChI=1S/C25H25N5O4/c1-16-12-18(7-9-21(16)34-19-8-6-17(2)27-13-19)30-25-24-20(28-15-29-25)4-3-5-22(24)33-14-23(32)26-10-11-31/h3-9,12-13,15,31H,10-11,14H2,1-2H3,(H,26,32)(H,28,29,30). The number of anilines is 2. The van der Waals surface area contributed by atoms with Gasteiger partial charge >= 0.3 is 0 Å². The van der Waals surface area contributed by atoms with Crippen molar-refractivity contribution in [2.75, 3.05) is 25.1 Å². The van der Waals surface area contributed by atoms with E-state index in [4.69, 9.17) is 14.6 Å². The maximum atomic E-state index is 11.9. The van der Waals surface area contributed by atoms with Gasteiger partial charge < -0.3 is 25.2 Å². The number of nitrogens with one attached hydrogen (secondary N) is 2. The van der Waals surface area contributed by atoms with Crippen molar-refractivity contribution in [3.8, 4) is 17.2 Å². The molecule has 174 valence electrons. The van der Waals surface area contributed by atoms with Crippen LogP contribution in [0.1, 0.15) is 11.3 Å². The Hall–Kier alpha value is -4.24. The largest absolute Gasteiger partial charge is 0.483 e. The molecule has 0 atom stereocenters. The predicted molar refractivity (Wildman–Crippen MR) is 129 cm³/mol. The SMILES string of the molecule is Cc1ccc(Oc2ccc(Nc3ncnc4cccc(OCC(=O)NCCO)c34)cc2C)cn1. The lowest BCUT2D eigenvalue weighted by molar-refractivity contribution is -0.123. The number of pyridine rings is 1. The number of carbonyl (C=O) groups excluding carboxylic acids is 1. The first-order valence-corrected chi connectivity index (χ1v) is 10.8. The molecule has 0 aliphatic rings. The number of aryl methyl sites for hydroxylation is 2. The molecule has 9 heteroatoms. The Labute approximate surface area is 196 Å². The Balaban J connectivity index is 1.55. The van der Waals surface area contributed by atoms with E-state index in [-0.39, 0.29) is 25.7 Å². The molecule has 0 aliphatic carbocycles. The number of aromatic nitrogens is 3. The van der Waals surface area contributed by atoms with E-state index in [1.165, 1.54) is 6.33 Å². The molecule has 34 heavy (non-hydrogen) atoms. The van der Waals surface area contributed by atoms with Crippen molar-refractivity contribution < 1.29 is 19.4 Å². The fourth-order valence-corrected chi connectivity index (χ4v) is 3.30. The number of benzene rings is 2. The molecule has 4 rings (SSSR count). The van der Waals surface area contributed by atoms with Crippen LogP contribution in [-0.4, -0.2) is 45.7 Å². The van der Waals surface area contributed by atoms with Crippen LogP contribution >= 0.6 is 0 Å². The topological polar surface area (TPSA) is 118 Å². The number of aliphatic hydroxyl groups excluding tert-OH is 1. The summed E-state index contributed by atoms with van der Waals surface area (Å²) in [6.07, 6.45) is 3.16. The second-order valence-electron chi connectivity index (χ2n) is 7.58. The smallest absolute Gasteiger partial charge is 0.258 e. The van der Waals surface area contributed by atoms with Crippen molar-refractivity contribution in [1.29, 1.82) is 0 Å². The molecule has 0 spiro atoms. The number of amides is 1. The molecule has 2 heterocycles. The van der Waals surface area contributed by atoms with E-state index in [0.717, 1.165) is 22.7 Å². The van der Waals surface area contributed by atoms with E-state index < -0.39 is 0 Å². The quantitative estimate of drug-likeness (QED) is 0.347. The summed E-state index contributed by atoms with van der Waals surface area (Å²) in [6.45, 7) is 3.74. The Morgan fingerprint density at radius 1 is 1.03 bits per heavy atom. The van der Waals surface area contributed by atoms with Crippen LogP contribution in [0.25, 0.3) is 10.9 Å². The van der Waals surface area contributed by atoms with Crippen molar-refractivity contribution >= 4 is 28.3 Å². The molecule has 2 aromatic carbocycles. The molecular formula is C25H25N5O4. The van der Waals surface area contributed by atoms with Gasteiger partial charge in [0.2, 0.25) is 0 Å². The van der Waals surface area contributed by atoms with E-state index in [1.807, 2.05) is 50.2 Å². The van der Waals surface area contributed by atoms with E-state index in [0.29, 0.717) is 28.2 Å². The van der Waals surface area contributed by atoms with Crippen molar-refractivity contribution in [2.45, 2.75) is 13.8 Å². The Bertz CT molecular complexity index is 1290. The zero-order chi connectivity index (χ0) is 23.9. The highest BCUT2D eigenvalue weighted by atomic mass is 16.5. The van der Waals surface area contributed by atoms with Crippen molar-refractivity contribution in [3.05, 3.63) is 72.3 Å². The number of hydrogen-bond donors (Lipinski definition) is 3. The predicted octanol–water partition coefficient (Wildman–Crippen LogP) is 3.66. The molecule has 0 radical (unpaired) electrons. The van der Waals surface area contributed by atoms with Gasteiger partial charge in [-0.2, -0.15) is 0 Å². The van der Waals surface area contributed by atoms with Gasteiger partial charge in [-0.05, 0) is 61.9 Å². The van der Waals surface area contributed by atoms with Crippen LogP contribution in [0.4, 0.5) is 11.5 Å². The minimum absolute atomic E-state index is 0.132. The lowest BCUT2D eigenvalue weighted by Gasteiger charge is -2.14. The van der Waals surface area contributed by atoms with E-state index >= 15 is 0 Å². The number of hydrogen-bond acceptors (Lipinski definition) is 8. The van der Waals surface area contributed by atoms with Gasteiger partial charge in [0, 0.05) is 17.9 Å². The molecular weight excluding hydrogens is 434 g/mol. The average Bonchev–Trinajstić information content (AvgIpc) is 2.84. The van der Waals surface area contributed by atoms with Gasteiger partial charge in [-0.15, -0.1) is 0 Å². The second-order valence-corrected chi connectivity index (χ2v) is 7.58. The third-order valence-electron chi connectivity index (χ3n) is 4.97. The van der Waals surface area contributed by atoms with Gasteiger partial charge in [-0.25, -0.2) is 9.97 Å². The normalized spacial score (nSPS) is 10.7. The number of carbonyl (C=O) groups is 1. The van der Waals surface area contributed by atoms with E-state index in [2.05, 4.69) is 25.6 Å². The number of nitrogens with zero attached hydrogens (tertiary/aromatic N) is 3. The summed E-state index contributed by atoms with van der Waals surface area (Å²) in [7, 11) is 0. The maximum absolute atomic E-state index is 11.9. The van der Waals surface area contributed by atoms with Crippen molar-refractivity contribution in [3.63, 3.8) is 0 Å². The van der Waals surface area contributed by atoms with Crippen LogP contribution < -0.4 is 20.1 Å². The highest BCUT2D eigenvalue weighted by molar-refractivity contribution is 5.96. The Kier molecular flexibility index (Phi) is 7.14. The molecule has 4 aromatic rings. The van der Waals surface area contributed by atoms with Gasteiger partial charge in [0.1, 0.15) is 29.4 Å². The van der Waals surface area contributed by atoms with Crippen LogP contribution in [0.3, 0.4) is 0 Å². The summed E-state index contributed by atoms with van der Waals surface area (Å²) >= 11 is 0. The number of fused-ring (bicyclic) bond motifs is 1. The maximum Gasteiger partial charge on any atom is 0.258 e. The van der Waals surface area contributed by atoms with Gasteiger partial charge in [-0.1, -0.05) is 6.07 Å². The van der Waals surface area contributed by atoms with Crippen LogP contribution in [-0.2, 0) is 4.79 Å². The summed E-state index contributed by atoms with van der Waals surface area (Å²) in [5.41, 5.74) is 3.34. The first kappa shape index (κ1) is 22.9. The van der Waals surface area contributed by atoms with Gasteiger partial charge in [0.25, 0.3) is 5.91 Å². The molecule has 1 amide bonds. The fraction of sp³-hybridized carbons (Fsp3) is 0.200. The van der Waals surface area contributed by atoms with Gasteiger partial charge in [0.05, 0.1) is 23.7 Å². The summed E-state index contributed by atoms with van der Waals surface area (Å²) < 4.78 is 11.7. The molecule has 0 aliphatic heterocycles. The molecule has 0 bridgehead atoms. The summed E-state index contributed by atoms with van der Waals surface area (Å²) in [5.74, 6) is 2.09. The molecule has 9 nitrogen and oxygen atoms in total. The monoisotopic (exact) mass is 459 g/mol. The number of rotatable bonds is 9. The van der Waals surface area contributed by atoms with Crippen molar-refractivity contribution in [1.82, 2.24) is 20.3 Å². The van der Waals surface area contributed by atoms with E-state index in [1.54, 1.807) is 18.3 Å². The second kappa shape index (κ2) is 10.6. The zero-order valence-electron chi connectivity index (χ0n) is 18.9. The zero-order valence-corrected chi connectivity index (χ0v) is 18.9. The third kappa shape index (κ3) is 5.57. The number of aliphatic hydroxyl groups is 1. The highest BCUT2D eigenvalue weighted by Gasteiger charge is 2.13. The molecule has 2 aromatic heterocycles. The summed E-state index contributed by atoms with van der Waals surface area (Å²) in [4.78, 5) is 24.9. The first-order chi connectivity index (χ1) is 16.5. The fourth-order valence-electron chi connectivity index (χ4n) is 3.30. The van der Waals surface area contributed by atoms with Gasteiger partial charge in [-0.3, -0.25) is 9.78 Å². The molecule has 3 N–H and O–H groups in total. The molecule has 0 unspecified atom stereocenters. The third-order valence-corrected chi connectivity index (χ3v) is 4.97. The van der Waals surface area contributed by atoms with Gasteiger partial charge in [0.15, 0.2) is 6.61 Å². The Morgan fingerprint density at radius 2 is 1.91 bits per heavy atom. The minimum atomic E-state index is -0.326. The molecule has 0 fully saturated rings. The first-order valence-electron chi connectivity index (χ1n) is 10.8. The lowest BCUT2D eigenvalue weighted by Crippen LogP contribution is -2.31. The minimum Gasteiger partial charge on any atom is -0.483 e. The van der Waals surface area contributed by atoms with Crippen LogP contribution in [0.2, 0.25) is 0 Å². The lowest BCUT2D eigenvalue weighted by atomic mass is 10.1. The van der Waals surface area contributed by atoms with Crippen LogP contribution in [0.5, 0.6) is 17.2 Å². The summed E-state index contributed by atoms with van der Waals surface area (Å²) in [6, 6.07) is 14.9. The number of ether oxygens (including phenoxy) is 2. The van der Waals surface area contributed by atoms with Crippen LogP contribution in [0, 0.1) is 13.8 Å². The van der Waals surface area contributed by atoms with Crippen LogP contribution in [0.15, 0.2) is 61.1 Å². The van der Waals surface area contributed by atoms with E-state index in [9.17, 15) is 4.79 Å². The Morgan fingerprint density at radius 3 is 2.68 bits per heavy atom. The van der Waals surface area contributed by atoms with Crippen molar-refractivity contribution in [2.24, 2.45) is 0 Å². The summed E-state index contributed by atoms with van der Waals surface area (Å²) in [5, 5.41) is 15.4. The molecule has 0 saturated heterocycles.